The van der Waals surface area contributed by atoms with Gasteiger partial charge >= 0.3 is 0 Å². The SMILES string of the molecule is Cc1cnc(Nc2ccc(F)cc2)cc1-n1cnc(C(=O)NC(C#N)c2ccccc2)c1.Cc1cnc(Nc2ccc(F)cc2)cc1-n1cnc(C(=O)NC(CN)c2ccccc2)c1. The zero-order valence-electron chi connectivity index (χ0n) is 34.7. The Bertz CT molecular complexity index is 2880. The number of carbonyl (C=O) groups is 2. The van der Waals surface area contributed by atoms with E-state index in [2.05, 4.69) is 47.3 Å². The molecule has 0 saturated carbocycles. The molecule has 8 aromatic rings. The van der Waals surface area contributed by atoms with Crippen LogP contribution >= 0.6 is 0 Å². The van der Waals surface area contributed by atoms with E-state index in [1.807, 2.05) is 74.5 Å². The lowest BCUT2D eigenvalue weighted by Gasteiger charge is -2.16. The number of aryl methyl sites for hydroxylation is 2. The van der Waals surface area contributed by atoms with Gasteiger partial charge in [0.1, 0.15) is 53.4 Å². The molecule has 8 rings (SSSR count). The van der Waals surface area contributed by atoms with Gasteiger partial charge in [0.2, 0.25) is 0 Å². The third-order valence-corrected chi connectivity index (χ3v) is 9.85. The summed E-state index contributed by atoms with van der Waals surface area (Å²) in [5, 5.41) is 21.3. The van der Waals surface area contributed by atoms with Gasteiger partial charge in [-0.25, -0.2) is 28.7 Å². The van der Waals surface area contributed by atoms with E-state index in [-0.39, 0.29) is 41.5 Å². The highest BCUT2D eigenvalue weighted by Gasteiger charge is 2.19. The van der Waals surface area contributed by atoms with Gasteiger partial charge in [0, 0.05) is 54.8 Å². The number of halogens is 2. The summed E-state index contributed by atoms with van der Waals surface area (Å²) in [4.78, 5) is 42.6. The second-order valence-electron chi connectivity index (χ2n) is 14.4. The average Bonchev–Trinajstić information content (AvgIpc) is 4.03. The van der Waals surface area contributed by atoms with Crippen LogP contribution in [0.5, 0.6) is 0 Å². The van der Waals surface area contributed by atoms with Crippen molar-refractivity contribution >= 4 is 34.8 Å². The first-order valence-electron chi connectivity index (χ1n) is 20.0. The highest BCUT2D eigenvalue weighted by molar-refractivity contribution is 5.93. The Morgan fingerprint density at radius 1 is 0.641 bits per heavy atom. The van der Waals surface area contributed by atoms with Crippen LogP contribution in [0.1, 0.15) is 55.3 Å². The van der Waals surface area contributed by atoms with Crippen molar-refractivity contribution in [2.24, 2.45) is 5.73 Å². The Labute approximate surface area is 367 Å². The number of amides is 2. The summed E-state index contributed by atoms with van der Waals surface area (Å²) >= 11 is 0. The maximum atomic E-state index is 13.1. The van der Waals surface area contributed by atoms with E-state index < -0.39 is 11.9 Å². The van der Waals surface area contributed by atoms with Crippen LogP contribution in [0.3, 0.4) is 0 Å². The van der Waals surface area contributed by atoms with E-state index in [1.165, 1.54) is 30.6 Å². The molecule has 6 N–H and O–H groups in total. The minimum absolute atomic E-state index is 0.186. The van der Waals surface area contributed by atoms with Crippen molar-refractivity contribution in [2.45, 2.75) is 25.9 Å². The summed E-state index contributed by atoms with van der Waals surface area (Å²) < 4.78 is 29.7. The maximum absolute atomic E-state index is 13.1. The van der Waals surface area contributed by atoms with Crippen molar-refractivity contribution in [3.8, 4) is 17.4 Å². The van der Waals surface area contributed by atoms with Crippen LogP contribution in [0.15, 0.2) is 159 Å². The van der Waals surface area contributed by atoms with Crippen LogP contribution in [0, 0.1) is 36.8 Å². The van der Waals surface area contributed by atoms with Crippen LogP contribution in [0.2, 0.25) is 0 Å². The first-order chi connectivity index (χ1) is 31.1. The molecule has 0 radical (unpaired) electrons. The van der Waals surface area contributed by atoms with Crippen molar-refractivity contribution < 1.29 is 18.4 Å². The molecule has 0 fully saturated rings. The zero-order chi connectivity index (χ0) is 45.0. The number of benzene rings is 4. The minimum atomic E-state index is -0.775. The Morgan fingerprint density at radius 3 is 1.52 bits per heavy atom. The van der Waals surface area contributed by atoms with Crippen molar-refractivity contribution in [3.63, 3.8) is 0 Å². The molecule has 0 aliphatic heterocycles. The lowest BCUT2D eigenvalue weighted by molar-refractivity contribution is 0.0928. The molecular formula is C48H42F2N12O2. The van der Waals surface area contributed by atoms with Gasteiger partial charge in [-0.15, -0.1) is 0 Å². The Balaban J connectivity index is 0.000000191. The van der Waals surface area contributed by atoms with E-state index in [9.17, 15) is 23.6 Å². The molecule has 16 heteroatoms. The number of rotatable bonds is 13. The van der Waals surface area contributed by atoms with Crippen LogP contribution in [-0.2, 0) is 0 Å². The van der Waals surface area contributed by atoms with Gasteiger partial charge in [-0.2, -0.15) is 5.26 Å². The van der Waals surface area contributed by atoms with Gasteiger partial charge < -0.3 is 36.1 Å². The van der Waals surface area contributed by atoms with Gasteiger partial charge in [0.25, 0.3) is 11.8 Å². The molecule has 4 aromatic carbocycles. The van der Waals surface area contributed by atoms with Gasteiger partial charge in [-0.1, -0.05) is 60.7 Å². The van der Waals surface area contributed by atoms with Crippen LogP contribution in [0.4, 0.5) is 31.8 Å². The first kappa shape index (κ1) is 43.5. The van der Waals surface area contributed by atoms with Crippen molar-refractivity contribution in [2.75, 3.05) is 17.2 Å². The second kappa shape index (κ2) is 20.3. The number of aromatic nitrogens is 6. The standard InChI is InChI=1S/C24H23FN6O.C24H19FN6O/c2*1-16-13-27-23(29-19-9-7-18(25)8-10-19)11-22(16)31-14-21(28-15-31)24(32)30-20(12-26)17-5-3-2-4-6-17/h2-11,13-15,20H,12,26H2,1H3,(H,27,29)(H,30,32);2-11,13-15,20H,1H3,(H,27,29)(H,30,32). The summed E-state index contributed by atoms with van der Waals surface area (Å²) in [7, 11) is 0. The fourth-order valence-electron chi connectivity index (χ4n) is 6.46. The molecule has 0 spiro atoms. The van der Waals surface area contributed by atoms with Crippen molar-refractivity contribution in [3.05, 3.63) is 204 Å². The maximum Gasteiger partial charge on any atom is 0.272 e. The van der Waals surface area contributed by atoms with Crippen LogP contribution < -0.4 is 27.0 Å². The molecule has 0 saturated heterocycles. The zero-order valence-corrected chi connectivity index (χ0v) is 34.7. The number of imidazole rings is 2. The minimum Gasteiger partial charge on any atom is -0.343 e. The lowest BCUT2D eigenvalue weighted by Crippen LogP contribution is -2.33. The molecule has 2 atom stereocenters. The molecule has 320 valence electrons. The number of nitrogens with one attached hydrogen (secondary N) is 4. The summed E-state index contributed by atoms with van der Waals surface area (Å²) in [6.07, 6.45) is 9.79. The van der Waals surface area contributed by atoms with Crippen LogP contribution in [0.25, 0.3) is 11.4 Å². The van der Waals surface area contributed by atoms with Gasteiger partial charge in [-0.3, -0.25) is 9.59 Å². The van der Waals surface area contributed by atoms with E-state index in [1.54, 1.807) is 76.6 Å². The Morgan fingerprint density at radius 2 is 1.08 bits per heavy atom. The number of nitrogens with zero attached hydrogens (tertiary/aromatic N) is 7. The molecule has 14 nitrogen and oxygen atoms in total. The highest BCUT2D eigenvalue weighted by atomic mass is 19.1. The molecule has 0 aliphatic carbocycles. The molecule has 64 heavy (non-hydrogen) atoms. The first-order valence-corrected chi connectivity index (χ1v) is 20.0. The van der Waals surface area contributed by atoms with Gasteiger partial charge in [0.05, 0.1) is 23.5 Å². The second-order valence-corrected chi connectivity index (χ2v) is 14.4. The van der Waals surface area contributed by atoms with Crippen molar-refractivity contribution in [1.82, 2.24) is 39.7 Å². The Kier molecular flexibility index (Phi) is 13.8. The van der Waals surface area contributed by atoms with E-state index >= 15 is 0 Å². The van der Waals surface area contributed by atoms with Gasteiger partial charge in [0.15, 0.2) is 0 Å². The number of anilines is 4. The molecule has 2 amide bonds. The normalized spacial score (nSPS) is 11.6. The monoisotopic (exact) mass is 856 g/mol. The van der Waals surface area contributed by atoms with Gasteiger partial charge in [-0.05, 0) is 84.6 Å². The third-order valence-electron chi connectivity index (χ3n) is 9.85. The number of pyridine rings is 2. The fraction of sp³-hybridized carbons (Fsp3) is 0.104. The predicted octanol–water partition coefficient (Wildman–Crippen LogP) is 8.34. The number of hydrogen-bond acceptors (Lipinski definition) is 10. The highest BCUT2D eigenvalue weighted by Crippen LogP contribution is 2.23. The summed E-state index contributed by atoms with van der Waals surface area (Å²) in [5.41, 5.74) is 12.7. The molecular weight excluding hydrogens is 815 g/mol. The molecule has 0 bridgehead atoms. The van der Waals surface area contributed by atoms with Crippen LogP contribution in [-0.4, -0.2) is 47.4 Å². The van der Waals surface area contributed by atoms with E-state index in [0.29, 0.717) is 28.6 Å². The number of carbonyl (C=O) groups excluding carboxylic acids is 2. The topological polar surface area (TPSA) is 193 Å². The molecule has 4 heterocycles. The fourth-order valence-corrected chi connectivity index (χ4v) is 6.46. The summed E-state index contributed by atoms with van der Waals surface area (Å²) in [6.45, 7) is 4.09. The molecule has 0 aliphatic rings. The molecule has 4 aromatic heterocycles. The van der Waals surface area contributed by atoms with E-state index in [4.69, 9.17) is 5.73 Å². The summed E-state index contributed by atoms with van der Waals surface area (Å²) in [6, 6.07) is 35.3. The quantitative estimate of drug-likeness (QED) is 0.0753. The lowest BCUT2D eigenvalue weighted by atomic mass is 10.1. The smallest absolute Gasteiger partial charge is 0.272 e. The average molecular weight is 857 g/mol. The Hall–Kier alpha value is -8.55. The molecule has 2 unspecified atom stereocenters. The predicted molar refractivity (Wildman–Crippen MR) is 240 cm³/mol. The largest absolute Gasteiger partial charge is 0.343 e. The number of nitrogens with two attached hydrogens (primary N) is 1. The third kappa shape index (κ3) is 11.0. The van der Waals surface area contributed by atoms with Crippen molar-refractivity contribution in [1.29, 1.82) is 5.26 Å². The van der Waals surface area contributed by atoms with E-state index in [0.717, 1.165) is 28.1 Å². The number of nitriles is 1. The number of hydrogen-bond donors (Lipinski definition) is 5. The summed E-state index contributed by atoms with van der Waals surface area (Å²) in [5.74, 6) is -0.227.